The van der Waals surface area contributed by atoms with Gasteiger partial charge in [-0.15, -0.1) is 0 Å². The number of fused-ring (bicyclic) bond motifs is 2. The van der Waals surface area contributed by atoms with Crippen LogP contribution in [0, 0.1) is 0 Å². The number of hydrogen-bond donors (Lipinski definition) is 2. The Bertz CT molecular complexity index is 933. The smallest absolute Gasteiger partial charge is 0.211 e. The summed E-state index contributed by atoms with van der Waals surface area (Å²) in [5.74, 6) is 0.824. The zero-order valence-corrected chi connectivity index (χ0v) is 16.5. The summed E-state index contributed by atoms with van der Waals surface area (Å²) in [5.41, 5.74) is 4.46. The molecule has 4 rings (SSSR count). The van der Waals surface area contributed by atoms with Crippen molar-refractivity contribution in [2.24, 2.45) is 0 Å². The first-order chi connectivity index (χ1) is 12.9. The molecule has 0 bridgehead atoms. The summed E-state index contributed by atoms with van der Waals surface area (Å²) in [7, 11) is -1.47. The van der Waals surface area contributed by atoms with Crippen molar-refractivity contribution in [2.45, 2.75) is 18.3 Å². The first kappa shape index (κ1) is 18.1. The van der Waals surface area contributed by atoms with Gasteiger partial charge in [-0.2, -0.15) is 0 Å². The van der Waals surface area contributed by atoms with Gasteiger partial charge in [0.05, 0.1) is 13.4 Å². The van der Waals surface area contributed by atoms with E-state index in [-0.39, 0.29) is 5.41 Å². The normalized spacial score (nSPS) is 18.7. The predicted molar refractivity (Wildman–Crippen MR) is 109 cm³/mol. The standard InChI is InChI=1S/C20H25N3O3S/c1-26-16-8-6-15(7-9-16)22-18-5-3-4-17-19(18)20(14-21-17)10-12-23(13-11-20)27(2,24)25/h3-9,21-22H,10-14H2,1-2H3. The molecule has 2 aromatic carbocycles. The van der Waals surface area contributed by atoms with Crippen LogP contribution in [0.1, 0.15) is 18.4 Å². The molecule has 2 aliphatic rings. The minimum atomic E-state index is -3.13. The molecule has 0 aliphatic carbocycles. The number of rotatable bonds is 4. The van der Waals surface area contributed by atoms with Crippen molar-refractivity contribution in [3.05, 3.63) is 48.0 Å². The molecule has 2 aromatic rings. The fraction of sp³-hybridized carbons (Fsp3) is 0.400. The highest BCUT2D eigenvalue weighted by Crippen LogP contribution is 2.48. The SMILES string of the molecule is COc1ccc(Nc2cccc3c2C2(CCN(S(C)(=O)=O)CC2)CN3)cc1. The quantitative estimate of drug-likeness (QED) is 0.843. The van der Waals surface area contributed by atoms with Gasteiger partial charge in [-0.05, 0) is 49.2 Å². The zero-order chi connectivity index (χ0) is 19.1. The van der Waals surface area contributed by atoms with E-state index in [1.165, 1.54) is 11.8 Å². The van der Waals surface area contributed by atoms with E-state index in [0.29, 0.717) is 13.1 Å². The van der Waals surface area contributed by atoms with Gasteiger partial charge < -0.3 is 15.4 Å². The van der Waals surface area contributed by atoms with Crippen LogP contribution in [0.15, 0.2) is 42.5 Å². The molecule has 2 aliphatic heterocycles. The summed E-state index contributed by atoms with van der Waals surface area (Å²) in [4.78, 5) is 0. The molecular weight excluding hydrogens is 362 g/mol. The van der Waals surface area contributed by atoms with Gasteiger partial charge in [0.15, 0.2) is 0 Å². The topological polar surface area (TPSA) is 70.7 Å². The monoisotopic (exact) mass is 387 g/mol. The van der Waals surface area contributed by atoms with Crippen LogP contribution in [-0.4, -0.2) is 45.7 Å². The third-order valence-electron chi connectivity index (χ3n) is 5.73. The maximum Gasteiger partial charge on any atom is 0.211 e. The fourth-order valence-corrected chi connectivity index (χ4v) is 5.08. The Labute approximate surface area is 160 Å². The maximum atomic E-state index is 11.9. The average Bonchev–Trinajstić information content (AvgIpc) is 3.01. The number of methoxy groups -OCH3 is 1. The third kappa shape index (κ3) is 3.37. The van der Waals surface area contributed by atoms with Gasteiger partial charge in [0.2, 0.25) is 10.0 Å². The molecule has 0 atom stereocenters. The van der Waals surface area contributed by atoms with Crippen LogP contribution in [0.3, 0.4) is 0 Å². The van der Waals surface area contributed by atoms with Crippen LogP contribution >= 0.6 is 0 Å². The van der Waals surface area contributed by atoms with Crippen LogP contribution < -0.4 is 15.4 Å². The number of anilines is 3. The summed E-state index contributed by atoms with van der Waals surface area (Å²) < 4.78 is 30.6. The molecule has 0 unspecified atom stereocenters. The summed E-state index contributed by atoms with van der Waals surface area (Å²) in [6.45, 7) is 1.98. The van der Waals surface area contributed by atoms with Gasteiger partial charge in [-0.25, -0.2) is 12.7 Å². The second-order valence-corrected chi connectivity index (χ2v) is 9.36. The van der Waals surface area contributed by atoms with Gasteiger partial charge in [-0.3, -0.25) is 0 Å². The van der Waals surface area contributed by atoms with Crippen LogP contribution in [0.4, 0.5) is 17.1 Å². The van der Waals surface area contributed by atoms with E-state index in [4.69, 9.17) is 4.74 Å². The Kier molecular flexibility index (Phi) is 4.52. The second kappa shape index (κ2) is 6.73. The molecule has 0 amide bonds. The summed E-state index contributed by atoms with van der Waals surface area (Å²) in [6.07, 6.45) is 2.94. The van der Waals surface area contributed by atoms with E-state index < -0.39 is 10.0 Å². The highest BCUT2D eigenvalue weighted by molar-refractivity contribution is 7.88. The van der Waals surface area contributed by atoms with Crippen molar-refractivity contribution < 1.29 is 13.2 Å². The fourth-order valence-electron chi connectivity index (χ4n) is 4.23. The highest BCUT2D eigenvalue weighted by Gasteiger charge is 2.44. The minimum Gasteiger partial charge on any atom is -0.497 e. The molecule has 2 heterocycles. The van der Waals surface area contributed by atoms with Gasteiger partial charge in [-0.1, -0.05) is 6.07 Å². The number of benzene rings is 2. The second-order valence-electron chi connectivity index (χ2n) is 7.38. The van der Waals surface area contributed by atoms with Crippen molar-refractivity contribution in [1.82, 2.24) is 4.31 Å². The third-order valence-corrected chi connectivity index (χ3v) is 7.03. The number of piperidine rings is 1. The molecule has 1 spiro atoms. The van der Waals surface area contributed by atoms with Crippen molar-refractivity contribution >= 4 is 27.1 Å². The van der Waals surface area contributed by atoms with E-state index in [9.17, 15) is 8.42 Å². The highest BCUT2D eigenvalue weighted by atomic mass is 32.2. The number of hydrogen-bond acceptors (Lipinski definition) is 5. The predicted octanol–water partition coefficient (Wildman–Crippen LogP) is 3.16. The molecule has 1 fully saturated rings. The number of sulfonamides is 1. The maximum absolute atomic E-state index is 11.9. The summed E-state index contributed by atoms with van der Waals surface area (Å²) >= 11 is 0. The molecule has 6 nitrogen and oxygen atoms in total. The van der Waals surface area contributed by atoms with Crippen molar-refractivity contribution in [3.63, 3.8) is 0 Å². The number of nitrogens with one attached hydrogen (secondary N) is 2. The van der Waals surface area contributed by atoms with Gasteiger partial charge in [0, 0.05) is 47.7 Å². The Balaban J connectivity index is 1.63. The van der Waals surface area contributed by atoms with Crippen LogP contribution in [0.5, 0.6) is 5.75 Å². The number of ether oxygens (including phenoxy) is 1. The van der Waals surface area contributed by atoms with E-state index >= 15 is 0 Å². The van der Waals surface area contributed by atoms with Crippen molar-refractivity contribution in [2.75, 3.05) is 43.6 Å². The molecule has 144 valence electrons. The van der Waals surface area contributed by atoms with Crippen molar-refractivity contribution in [3.8, 4) is 5.75 Å². The van der Waals surface area contributed by atoms with E-state index in [1.54, 1.807) is 11.4 Å². The molecule has 7 heteroatoms. The van der Waals surface area contributed by atoms with Gasteiger partial charge in [0.1, 0.15) is 5.75 Å². The Morgan fingerprint density at radius 3 is 2.44 bits per heavy atom. The molecule has 0 aromatic heterocycles. The zero-order valence-electron chi connectivity index (χ0n) is 15.7. The largest absolute Gasteiger partial charge is 0.497 e. The average molecular weight is 388 g/mol. The Morgan fingerprint density at radius 2 is 1.81 bits per heavy atom. The summed E-state index contributed by atoms with van der Waals surface area (Å²) in [5, 5.41) is 7.07. The van der Waals surface area contributed by atoms with E-state index in [1.807, 2.05) is 30.3 Å². The van der Waals surface area contributed by atoms with Crippen LogP contribution in [-0.2, 0) is 15.4 Å². The Morgan fingerprint density at radius 1 is 1.11 bits per heavy atom. The Hall–Kier alpha value is -2.25. The van der Waals surface area contributed by atoms with E-state index in [0.717, 1.165) is 42.2 Å². The first-order valence-corrected chi connectivity index (χ1v) is 11.0. The molecule has 0 radical (unpaired) electrons. The molecule has 2 N–H and O–H groups in total. The van der Waals surface area contributed by atoms with Gasteiger partial charge in [0.25, 0.3) is 0 Å². The van der Waals surface area contributed by atoms with Crippen LogP contribution in [0.25, 0.3) is 0 Å². The lowest BCUT2D eigenvalue weighted by Crippen LogP contribution is -2.45. The first-order valence-electron chi connectivity index (χ1n) is 9.15. The molecule has 0 saturated carbocycles. The number of nitrogens with zero attached hydrogens (tertiary/aromatic N) is 1. The molecule has 1 saturated heterocycles. The van der Waals surface area contributed by atoms with E-state index in [2.05, 4.69) is 22.8 Å². The summed E-state index contributed by atoms with van der Waals surface area (Å²) in [6, 6.07) is 14.1. The van der Waals surface area contributed by atoms with Crippen LogP contribution in [0.2, 0.25) is 0 Å². The molecular formula is C20H25N3O3S. The molecule has 27 heavy (non-hydrogen) atoms. The van der Waals surface area contributed by atoms with Gasteiger partial charge >= 0.3 is 0 Å². The lowest BCUT2D eigenvalue weighted by atomic mass is 9.74. The van der Waals surface area contributed by atoms with Crippen molar-refractivity contribution in [1.29, 1.82) is 0 Å². The lowest BCUT2D eigenvalue weighted by molar-refractivity contribution is 0.251. The lowest BCUT2D eigenvalue weighted by Gasteiger charge is -2.39. The minimum absolute atomic E-state index is 0.0351.